The van der Waals surface area contributed by atoms with Crippen molar-refractivity contribution in [3.05, 3.63) is 36.1 Å². The van der Waals surface area contributed by atoms with Gasteiger partial charge in [0.2, 0.25) is 5.91 Å². The maximum absolute atomic E-state index is 12.9. The van der Waals surface area contributed by atoms with Crippen molar-refractivity contribution in [1.82, 2.24) is 10.1 Å². The molecular weight excluding hydrogens is 326 g/mol. The summed E-state index contributed by atoms with van der Waals surface area (Å²) in [7, 11) is 3.02. The molecule has 2 amide bonds. The topological polar surface area (TPSA) is 93.9 Å². The Balaban J connectivity index is 2.18. The zero-order chi connectivity index (χ0) is 18.4. The molecule has 0 saturated carbocycles. The second kappa shape index (κ2) is 8.18. The van der Waals surface area contributed by atoms with E-state index >= 15 is 0 Å². The lowest BCUT2D eigenvalue weighted by Crippen LogP contribution is -2.42. The van der Waals surface area contributed by atoms with Crippen molar-refractivity contribution in [3.8, 4) is 11.5 Å². The first kappa shape index (κ1) is 18.3. The van der Waals surface area contributed by atoms with Crippen molar-refractivity contribution in [3.63, 3.8) is 0 Å². The van der Waals surface area contributed by atoms with Gasteiger partial charge in [-0.05, 0) is 26.0 Å². The Labute approximate surface area is 145 Å². The van der Waals surface area contributed by atoms with E-state index in [0.29, 0.717) is 22.9 Å². The van der Waals surface area contributed by atoms with Gasteiger partial charge in [0, 0.05) is 23.7 Å². The zero-order valence-electron chi connectivity index (χ0n) is 14.6. The van der Waals surface area contributed by atoms with Crippen LogP contribution in [0.3, 0.4) is 0 Å². The summed E-state index contributed by atoms with van der Waals surface area (Å²) in [6.45, 7) is 3.54. The van der Waals surface area contributed by atoms with Crippen molar-refractivity contribution in [2.45, 2.75) is 19.9 Å². The lowest BCUT2D eigenvalue weighted by molar-refractivity contribution is -0.117. The molecule has 2 rings (SSSR count). The summed E-state index contributed by atoms with van der Waals surface area (Å²) in [6.07, 6.45) is 1.35. The van der Waals surface area contributed by atoms with Crippen LogP contribution in [-0.4, -0.2) is 48.7 Å². The van der Waals surface area contributed by atoms with E-state index in [1.165, 1.54) is 31.4 Å². The number of ether oxygens (including phenoxy) is 2. The van der Waals surface area contributed by atoms with Crippen LogP contribution < -0.4 is 14.8 Å². The highest BCUT2D eigenvalue weighted by Crippen LogP contribution is 2.24. The van der Waals surface area contributed by atoms with E-state index in [-0.39, 0.29) is 24.4 Å². The minimum absolute atomic E-state index is 0.122. The molecule has 8 heteroatoms. The second-order valence-electron chi connectivity index (χ2n) is 5.56. The van der Waals surface area contributed by atoms with E-state index in [1.54, 1.807) is 18.2 Å². The third-order valence-corrected chi connectivity index (χ3v) is 3.50. The van der Waals surface area contributed by atoms with Crippen molar-refractivity contribution in [1.29, 1.82) is 0 Å². The van der Waals surface area contributed by atoms with E-state index in [2.05, 4.69) is 15.0 Å². The highest BCUT2D eigenvalue weighted by molar-refractivity contribution is 5.99. The van der Waals surface area contributed by atoms with Crippen molar-refractivity contribution < 1.29 is 23.6 Å². The number of benzene rings is 1. The molecule has 0 atom stereocenters. The molecule has 0 aliphatic carbocycles. The number of methoxy groups -OCH3 is 2. The van der Waals surface area contributed by atoms with Gasteiger partial charge < -0.3 is 24.2 Å². The minimum atomic E-state index is -0.370. The summed E-state index contributed by atoms with van der Waals surface area (Å²) >= 11 is 0. The Morgan fingerprint density at radius 1 is 1.20 bits per heavy atom. The van der Waals surface area contributed by atoms with Crippen molar-refractivity contribution >= 4 is 17.6 Å². The summed E-state index contributed by atoms with van der Waals surface area (Å²) in [6, 6.07) is 6.22. The maximum Gasteiger partial charge on any atom is 0.254 e. The number of carbonyl (C=O) groups excluding carboxylic acids is 2. The SMILES string of the molecule is COc1cc(OC)cc(C(=O)N(CC(=O)Nc2ccon2)C(C)C)c1. The quantitative estimate of drug-likeness (QED) is 0.825. The molecule has 8 nitrogen and oxygen atoms in total. The van der Waals surface area contributed by atoms with Gasteiger partial charge in [-0.3, -0.25) is 9.59 Å². The number of amides is 2. The molecule has 1 N–H and O–H groups in total. The molecule has 0 aliphatic heterocycles. The molecule has 0 unspecified atom stereocenters. The number of nitrogens with zero attached hydrogens (tertiary/aromatic N) is 2. The van der Waals surface area contributed by atoms with E-state index < -0.39 is 0 Å². The molecule has 2 aromatic rings. The molecule has 0 fully saturated rings. The number of rotatable bonds is 7. The van der Waals surface area contributed by atoms with Gasteiger partial charge in [0.25, 0.3) is 5.91 Å². The monoisotopic (exact) mass is 347 g/mol. The van der Waals surface area contributed by atoms with Crippen LogP contribution in [0.4, 0.5) is 5.82 Å². The van der Waals surface area contributed by atoms with Gasteiger partial charge in [0.15, 0.2) is 5.82 Å². The van der Waals surface area contributed by atoms with Crippen LogP contribution in [0.2, 0.25) is 0 Å². The highest BCUT2D eigenvalue weighted by Gasteiger charge is 2.23. The summed E-state index contributed by atoms with van der Waals surface area (Å²) in [4.78, 5) is 26.5. The van der Waals surface area contributed by atoms with E-state index in [9.17, 15) is 9.59 Å². The Morgan fingerprint density at radius 2 is 1.84 bits per heavy atom. The van der Waals surface area contributed by atoms with Crippen LogP contribution in [0.1, 0.15) is 24.2 Å². The fourth-order valence-electron chi connectivity index (χ4n) is 2.20. The van der Waals surface area contributed by atoms with Crippen molar-refractivity contribution in [2.75, 3.05) is 26.1 Å². The van der Waals surface area contributed by atoms with Gasteiger partial charge in [-0.2, -0.15) is 0 Å². The Hall–Kier alpha value is -3.03. The number of hydrogen-bond acceptors (Lipinski definition) is 6. The van der Waals surface area contributed by atoms with E-state index in [0.717, 1.165) is 0 Å². The number of carbonyl (C=O) groups is 2. The van der Waals surface area contributed by atoms with Crippen molar-refractivity contribution in [2.24, 2.45) is 0 Å². The predicted molar refractivity (Wildman–Crippen MR) is 90.9 cm³/mol. The second-order valence-corrected chi connectivity index (χ2v) is 5.56. The summed E-state index contributed by atoms with van der Waals surface area (Å²) < 4.78 is 15.0. The fourth-order valence-corrected chi connectivity index (χ4v) is 2.20. The third-order valence-electron chi connectivity index (χ3n) is 3.50. The average Bonchev–Trinajstić information content (AvgIpc) is 3.11. The Morgan fingerprint density at radius 3 is 2.32 bits per heavy atom. The largest absolute Gasteiger partial charge is 0.497 e. The first-order valence-electron chi connectivity index (χ1n) is 7.69. The molecular formula is C17H21N3O5. The van der Waals surface area contributed by atoms with Gasteiger partial charge in [-0.1, -0.05) is 5.16 Å². The molecule has 0 radical (unpaired) electrons. The smallest absolute Gasteiger partial charge is 0.254 e. The number of aromatic nitrogens is 1. The summed E-state index contributed by atoms with van der Waals surface area (Å²) in [5, 5.41) is 6.18. The summed E-state index contributed by atoms with van der Waals surface area (Å²) in [5.74, 6) is 0.620. The van der Waals surface area contributed by atoms with Crippen LogP contribution >= 0.6 is 0 Å². The standard InChI is InChI=1S/C17H21N3O5/c1-11(2)20(10-16(21)18-15-5-6-25-19-15)17(22)12-7-13(23-3)9-14(8-12)24-4/h5-9,11H,10H2,1-4H3,(H,18,19,21). The normalized spacial score (nSPS) is 10.4. The molecule has 0 aliphatic rings. The molecule has 1 aromatic heterocycles. The molecule has 0 bridgehead atoms. The Kier molecular flexibility index (Phi) is 5.99. The molecule has 0 saturated heterocycles. The summed E-state index contributed by atoms with van der Waals surface area (Å²) in [5.41, 5.74) is 0.374. The number of anilines is 1. The van der Waals surface area contributed by atoms with Crippen LogP contribution in [0.15, 0.2) is 35.1 Å². The average molecular weight is 347 g/mol. The molecule has 0 spiro atoms. The maximum atomic E-state index is 12.9. The number of nitrogens with one attached hydrogen (secondary N) is 1. The van der Waals surface area contributed by atoms with Gasteiger partial charge >= 0.3 is 0 Å². The number of hydrogen-bond donors (Lipinski definition) is 1. The first-order valence-corrected chi connectivity index (χ1v) is 7.69. The van der Waals surface area contributed by atoms with Gasteiger partial charge in [0.05, 0.1) is 14.2 Å². The van der Waals surface area contributed by atoms with Crippen LogP contribution in [0.5, 0.6) is 11.5 Å². The highest BCUT2D eigenvalue weighted by atomic mass is 16.5. The molecule has 25 heavy (non-hydrogen) atoms. The molecule has 1 aromatic carbocycles. The minimum Gasteiger partial charge on any atom is -0.497 e. The van der Waals surface area contributed by atoms with Crippen LogP contribution in [-0.2, 0) is 4.79 Å². The first-order chi connectivity index (χ1) is 11.9. The third kappa shape index (κ3) is 4.72. The molecule has 1 heterocycles. The van der Waals surface area contributed by atoms with Gasteiger partial charge in [0.1, 0.15) is 24.3 Å². The zero-order valence-corrected chi connectivity index (χ0v) is 14.6. The fraction of sp³-hybridized carbons (Fsp3) is 0.353. The van der Waals surface area contributed by atoms with Gasteiger partial charge in [-0.15, -0.1) is 0 Å². The van der Waals surface area contributed by atoms with Crippen LogP contribution in [0.25, 0.3) is 0 Å². The van der Waals surface area contributed by atoms with Crippen LogP contribution in [0, 0.1) is 0 Å². The van der Waals surface area contributed by atoms with Gasteiger partial charge in [-0.25, -0.2) is 0 Å². The van der Waals surface area contributed by atoms with E-state index in [1.807, 2.05) is 13.8 Å². The Bertz CT molecular complexity index is 706. The molecule has 134 valence electrons. The lowest BCUT2D eigenvalue weighted by Gasteiger charge is -2.26. The lowest BCUT2D eigenvalue weighted by atomic mass is 10.1. The van der Waals surface area contributed by atoms with E-state index in [4.69, 9.17) is 9.47 Å². The predicted octanol–water partition coefficient (Wildman–Crippen LogP) is 2.18.